The van der Waals surface area contributed by atoms with Gasteiger partial charge in [-0.05, 0) is 31.2 Å². The van der Waals surface area contributed by atoms with Gasteiger partial charge in [-0.2, -0.15) is 5.10 Å². The highest BCUT2D eigenvalue weighted by atomic mass is 16.3. The molecule has 3 rings (SSSR count). The fourth-order valence-electron chi connectivity index (χ4n) is 2.68. The average Bonchev–Trinajstić information content (AvgIpc) is 3.01. The van der Waals surface area contributed by atoms with Crippen molar-refractivity contribution in [3.05, 3.63) is 30.0 Å². The second-order valence-corrected chi connectivity index (χ2v) is 6.10. The van der Waals surface area contributed by atoms with Crippen molar-refractivity contribution in [3.8, 4) is 0 Å². The lowest BCUT2D eigenvalue weighted by Gasteiger charge is -2.29. The van der Waals surface area contributed by atoms with Crippen LogP contribution in [-0.4, -0.2) is 20.5 Å². The molecule has 0 amide bonds. The summed E-state index contributed by atoms with van der Waals surface area (Å²) >= 11 is 0. The van der Waals surface area contributed by atoms with Crippen LogP contribution in [0.2, 0.25) is 0 Å². The van der Waals surface area contributed by atoms with Crippen molar-refractivity contribution < 1.29 is 5.11 Å². The Morgan fingerprint density at radius 3 is 2.72 bits per heavy atom. The first kappa shape index (κ1) is 11.7. The molecule has 0 saturated heterocycles. The van der Waals surface area contributed by atoms with Gasteiger partial charge in [0, 0.05) is 18.9 Å². The van der Waals surface area contributed by atoms with E-state index in [1.807, 2.05) is 30.8 Å². The molecule has 18 heavy (non-hydrogen) atoms. The molecule has 1 fully saturated rings. The van der Waals surface area contributed by atoms with Crippen LogP contribution in [0.25, 0.3) is 10.9 Å². The van der Waals surface area contributed by atoms with Gasteiger partial charge in [0.1, 0.15) is 0 Å². The summed E-state index contributed by atoms with van der Waals surface area (Å²) in [5.41, 5.74) is 1.55. The lowest BCUT2D eigenvalue weighted by atomic mass is 9.83. The molecule has 1 saturated carbocycles. The van der Waals surface area contributed by atoms with Gasteiger partial charge in [0.15, 0.2) is 0 Å². The number of aliphatic hydroxyl groups is 1. The Morgan fingerprint density at radius 2 is 2.06 bits per heavy atom. The summed E-state index contributed by atoms with van der Waals surface area (Å²) in [6.45, 7) is 4.11. The van der Waals surface area contributed by atoms with Crippen molar-refractivity contribution in [2.45, 2.75) is 38.7 Å². The van der Waals surface area contributed by atoms with Crippen LogP contribution >= 0.6 is 0 Å². The number of hydrogen-bond acceptors (Lipinski definition) is 2. The maximum absolute atomic E-state index is 10.7. The number of benzene rings is 1. The van der Waals surface area contributed by atoms with Crippen LogP contribution in [0.3, 0.4) is 0 Å². The van der Waals surface area contributed by atoms with Crippen LogP contribution in [-0.2, 0) is 13.5 Å². The molecule has 96 valence electrons. The predicted octanol–water partition coefficient (Wildman–Crippen LogP) is 2.67. The molecule has 1 unspecified atom stereocenters. The summed E-state index contributed by atoms with van der Waals surface area (Å²) in [6.07, 6.45) is 2.86. The van der Waals surface area contributed by atoms with Crippen molar-refractivity contribution in [1.29, 1.82) is 0 Å². The fourth-order valence-corrected chi connectivity index (χ4v) is 2.68. The first-order chi connectivity index (χ1) is 8.43. The zero-order valence-corrected chi connectivity index (χ0v) is 11.3. The smallest absolute Gasteiger partial charge is 0.0731 e. The topological polar surface area (TPSA) is 38.0 Å². The molecule has 1 aliphatic carbocycles. The van der Waals surface area contributed by atoms with Crippen molar-refractivity contribution in [3.63, 3.8) is 0 Å². The fraction of sp³-hybridized carbons (Fsp3) is 0.533. The number of rotatable bonds is 3. The van der Waals surface area contributed by atoms with E-state index in [-0.39, 0.29) is 5.41 Å². The van der Waals surface area contributed by atoms with Gasteiger partial charge in [0.05, 0.1) is 16.8 Å². The Kier molecular flexibility index (Phi) is 2.33. The average molecular weight is 244 g/mol. The summed E-state index contributed by atoms with van der Waals surface area (Å²) in [5.74, 6) is 0. The summed E-state index contributed by atoms with van der Waals surface area (Å²) in [4.78, 5) is 0. The maximum atomic E-state index is 10.7. The minimum atomic E-state index is -0.663. The summed E-state index contributed by atoms with van der Waals surface area (Å²) in [5, 5.41) is 16.4. The summed E-state index contributed by atoms with van der Waals surface area (Å²) in [7, 11) is 1.96. The highest BCUT2D eigenvalue weighted by molar-refractivity contribution is 5.81. The van der Waals surface area contributed by atoms with Gasteiger partial charge < -0.3 is 5.11 Å². The molecule has 1 atom stereocenters. The Balaban J connectivity index is 2.00. The van der Waals surface area contributed by atoms with Gasteiger partial charge in [-0.1, -0.05) is 25.1 Å². The molecule has 1 heterocycles. The van der Waals surface area contributed by atoms with Gasteiger partial charge in [0.2, 0.25) is 0 Å². The number of aryl methyl sites for hydroxylation is 1. The molecule has 1 aromatic carbocycles. The zero-order chi connectivity index (χ0) is 13.0. The minimum absolute atomic E-state index is 0.0750. The van der Waals surface area contributed by atoms with Crippen LogP contribution in [0.4, 0.5) is 0 Å². The highest BCUT2D eigenvalue weighted by Crippen LogP contribution is 2.54. The van der Waals surface area contributed by atoms with Crippen LogP contribution < -0.4 is 0 Å². The second-order valence-electron chi connectivity index (χ2n) is 6.10. The van der Waals surface area contributed by atoms with Gasteiger partial charge in [-0.25, -0.2) is 0 Å². The summed E-state index contributed by atoms with van der Waals surface area (Å²) in [6, 6.07) is 8.21. The number of hydrogen-bond donors (Lipinski definition) is 1. The molecule has 1 aliphatic rings. The van der Waals surface area contributed by atoms with Crippen molar-refractivity contribution in [2.75, 3.05) is 0 Å². The lowest BCUT2D eigenvalue weighted by Crippen LogP contribution is -2.37. The van der Waals surface area contributed by atoms with Crippen molar-refractivity contribution in [2.24, 2.45) is 12.5 Å². The molecule has 0 aliphatic heterocycles. The summed E-state index contributed by atoms with van der Waals surface area (Å²) < 4.78 is 1.90. The quantitative estimate of drug-likeness (QED) is 0.901. The van der Waals surface area contributed by atoms with Crippen LogP contribution in [0.15, 0.2) is 24.3 Å². The Morgan fingerprint density at radius 1 is 1.39 bits per heavy atom. The molecular formula is C15H20N2O. The SMILES string of the molecule is Cn1nc(CC(C)(O)C2(C)CC2)c2ccccc21. The van der Waals surface area contributed by atoms with Crippen molar-refractivity contribution in [1.82, 2.24) is 9.78 Å². The van der Waals surface area contributed by atoms with Crippen molar-refractivity contribution >= 4 is 10.9 Å². The number of fused-ring (bicyclic) bond motifs is 1. The number of para-hydroxylation sites is 1. The highest BCUT2D eigenvalue weighted by Gasteiger charge is 2.52. The largest absolute Gasteiger partial charge is 0.389 e. The monoisotopic (exact) mass is 244 g/mol. The van der Waals surface area contributed by atoms with E-state index < -0.39 is 5.60 Å². The molecule has 3 nitrogen and oxygen atoms in total. The van der Waals surface area contributed by atoms with Gasteiger partial charge >= 0.3 is 0 Å². The van der Waals surface area contributed by atoms with E-state index in [2.05, 4.69) is 24.2 Å². The lowest BCUT2D eigenvalue weighted by molar-refractivity contribution is -0.00766. The minimum Gasteiger partial charge on any atom is -0.389 e. The second kappa shape index (κ2) is 3.58. The van der Waals surface area contributed by atoms with E-state index in [0.717, 1.165) is 29.4 Å². The van der Waals surface area contributed by atoms with E-state index in [1.165, 1.54) is 0 Å². The first-order valence-corrected chi connectivity index (χ1v) is 6.56. The van der Waals surface area contributed by atoms with E-state index in [9.17, 15) is 5.11 Å². The molecular weight excluding hydrogens is 224 g/mol. The Labute approximate surface area is 107 Å². The van der Waals surface area contributed by atoms with Gasteiger partial charge in [-0.3, -0.25) is 4.68 Å². The zero-order valence-electron chi connectivity index (χ0n) is 11.3. The normalized spacial score (nSPS) is 20.9. The molecule has 1 aromatic heterocycles. The van der Waals surface area contributed by atoms with Gasteiger partial charge in [-0.15, -0.1) is 0 Å². The van der Waals surface area contributed by atoms with Crippen LogP contribution in [0, 0.1) is 5.41 Å². The predicted molar refractivity (Wildman–Crippen MR) is 72.4 cm³/mol. The van der Waals surface area contributed by atoms with E-state index >= 15 is 0 Å². The van der Waals surface area contributed by atoms with E-state index in [0.29, 0.717) is 6.42 Å². The third kappa shape index (κ3) is 1.65. The van der Waals surface area contributed by atoms with Gasteiger partial charge in [0.25, 0.3) is 0 Å². The number of aromatic nitrogens is 2. The van der Waals surface area contributed by atoms with E-state index in [4.69, 9.17) is 0 Å². The van der Waals surface area contributed by atoms with E-state index in [1.54, 1.807) is 0 Å². The molecule has 2 aromatic rings. The third-order valence-corrected chi connectivity index (χ3v) is 4.65. The Bertz CT molecular complexity index is 594. The molecule has 1 N–H and O–H groups in total. The van der Waals surface area contributed by atoms with Crippen LogP contribution in [0.5, 0.6) is 0 Å². The first-order valence-electron chi connectivity index (χ1n) is 6.56. The molecule has 0 radical (unpaired) electrons. The standard InChI is InChI=1S/C15H20N2O/c1-14(8-9-14)15(2,18)10-12-11-6-4-5-7-13(11)17(3)16-12/h4-7,18H,8-10H2,1-3H3. The maximum Gasteiger partial charge on any atom is 0.0731 e. The number of nitrogens with zero attached hydrogens (tertiary/aromatic N) is 2. The Hall–Kier alpha value is -1.35. The molecule has 0 bridgehead atoms. The van der Waals surface area contributed by atoms with Crippen LogP contribution in [0.1, 0.15) is 32.4 Å². The third-order valence-electron chi connectivity index (χ3n) is 4.65. The molecule has 0 spiro atoms. The molecule has 3 heteroatoms.